The zero-order valence-corrected chi connectivity index (χ0v) is 26.7. The van der Waals surface area contributed by atoms with E-state index in [2.05, 4.69) is 10.6 Å². The Labute approximate surface area is 267 Å². The largest absolute Gasteiger partial charge is 0.444 e. The first-order chi connectivity index (χ1) is 21.9. The van der Waals surface area contributed by atoms with Crippen molar-refractivity contribution in [2.24, 2.45) is 5.92 Å². The van der Waals surface area contributed by atoms with Gasteiger partial charge in [0.2, 0.25) is 5.91 Å². The lowest BCUT2D eigenvalue weighted by atomic mass is 9.93. The Balaban J connectivity index is 1.36. The molecular weight excluding hydrogens is 582 g/mol. The van der Waals surface area contributed by atoms with E-state index in [0.717, 1.165) is 11.3 Å². The number of amides is 3. The highest BCUT2D eigenvalue weighted by Gasteiger charge is 2.39. The number of rotatable bonds is 6. The summed E-state index contributed by atoms with van der Waals surface area (Å²) in [5.41, 5.74) is 2.16. The van der Waals surface area contributed by atoms with E-state index in [1.807, 2.05) is 44.2 Å². The summed E-state index contributed by atoms with van der Waals surface area (Å²) in [6.07, 6.45) is 0.183. The van der Waals surface area contributed by atoms with Gasteiger partial charge in [0.1, 0.15) is 17.5 Å². The number of nitrogens with zero attached hydrogens (tertiary/aromatic N) is 3. The predicted molar refractivity (Wildman–Crippen MR) is 176 cm³/mol. The van der Waals surface area contributed by atoms with Crippen LogP contribution < -0.4 is 21.1 Å². The molecule has 2 N–H and O–H groups in total. The Morgan fingerprint density at radius 3 is 2.39 bits per heavy atom. The van der Waals surface area contributed by atoms with Crippen molar-refractivity contribution in [1.29, 1.82) is 0 Å². The lowest BCUT2D eigenvalue weighted by Gasteiger charge is -2.28. The van der Waals surface area contributed by atoms with Gasteiger partial charge in [0.05, 0.1) is 28.2 Å². The van der Waals surface area contributed by atoms with Crippen molar-refractivity contribution >= 4 is 34.5 Å². The molecule has 4 aromatic rings. The molecule has 3 heterocycles. The third-order valence-corrected chi connectivity index (χ3v) is 8.36. The molecule has 0 radical (unpaired) electrons. The highest BCUT2D eigenvalue weighted by atomic mass is 16.6. The molecule has 0 aliphatic carbocycles. The van der Waals surface area contributed by atoms with E-state index in [1.165, 1.54) is 0 Å². The molecule has 0 spiro atoms. The molecule has 10 nitrogen and oxygen atoms in total. The summed E-state index contributed by atoms with van der Waals surface area (Å²) in [6.45, 7) is 9.67. The summed E-state index contributed by atoms with van der Waals surface area (Å²) >= 11 is 0. The second-order valence-electron chi connectivity index (χ2n) is 13.4. The molecule has 3 aromatic carbocycles. The number of carbonyl (C=O) groups is 3. The number of hydrogen-bond acceptors (Lipinski definition) is 6. The lowest BCUT2D eigenvalue weighted by molar-refractivity contribution is -0.121. The van der Waals surface area contributed by atoms with E-state index < -0.39 is 23.8 Å². The molecule has 10 heteroatoms. The van der Waals surface area contributed by atoms with Crippen LogP contribution >= 0.6 is 0 Å². The Kier molecular flexibility index (Phi) is 8.14. The van der Waals surface area contributed by atoms with Crippen molar-refractivity contribution < 1.29 is 19.1 Å². The molecule has 0 saturated carbocycles. The van der Waals surface area contributed by atoms with Gasteiger partial charge in [-0.05, 0) is 75.4 Å². The van der Waals surface area contributed by atoms with E-state index in [4.69, 9.17) is 9.72 Å². The zero-order valence-electron chi connectivity index (χ0n) is 26.7. The third kappa shape index (κ3) is 5.99. The van der Waals surface area contributed by atoms with E-state index >= 15 is 0 Å². The summed E-state index contributed by atoms with van der Waals surface area (Å²) < 4.78 is 7.03. The summed E-state index contributed by atoms with van der Waals surface area (Å²) in [4.78, 5) is 61.1. The van der Waals surface area contributed by atoms with Gasteiger partial charge in [-0.2, -0.15) is 0 Å². The molecule has 0 saturated heterocycles. The van der Waals surface area contributed by atoms with Crippen molar-refractivity contribution in [3.63, 3.8) is 0 Å². The number of hydrogen-bond donors (Lipinski definition) is 2. The fourth-order valence-corrected chi connectivity index (χ4v) is 6.46. The molecule has 238 valence electrons. The summed E-state index contributed by atoms with van der Waals surface area (Å²) in [5.74, 6) is -0.144. The van der Waals surface area contributed by atoms with Crippen LogP contribution in [0.15, 0.2) is 77.6 Å². The molecule has 0 fully saturated rings. The van der Waals surface area contributed by atoms with Crippen LogP contribution in [0, 0.1) is 5.92 Å². The highest BCUT2D eigenvalue weighted by molar-refractivity contribution is 6.01. The van der Waals surface area contributed by atoms with Crippen molar-refractivity contribution in [3.05, 3.63) is 100 Å². The van der Waals surface area contributed by atoms with Crippen LogP contribution in [-0.2, 0) is 9.53 Å². The molecule has 1 aromatic heterocycles. The minimum atomic E-state index is -0.791. The molecule has 3 amide bonds. The van der Waals surface area contributed by atoms with E-state index in [-0.39, 0.29) is 29.2 Å². The number of ether oxygens (including phenoxy) is 1. The molecular formula is C36H39N5O5. The van der Waals surface area contributed by atoms with Crippen molar-refractivity contribution in [2.75, 3.05) is 11.4 Å². The number of aromatic nitrogens is 2. The molecule has 2 unspecified atom stereocenters. The van der Waals surface area contributed by atoms with Crippen LogP contribution in [0.3, 0.4) is 0 Å². The maximum absolute atomic E-state index is 14.2. The average Bonchev–Trinajstić information content (AvgIpc) is 3.31. The van der Waals surface area contributed by atoms with E-state index in [9.17, 15) is 19.2 Å². The minimum Gasteiger partial charge on any atom is -0.444 e. The fourth-order valence-electron chi connectivity index (χ4n) is 6.46. The standard InChI is InChI=1S/C36H39N5O5/c1-21(2)18-28(39-35(45)46-36(3,4)5)34(44)40-20-22(23-12-7-10-16-29(23)40)19-27-31-37-26-15-9-6-13-24(26)33(43)41(31)30-17-11-8-14-25(30)32(42)38-27/h6-17,21-22,27-28H,18-20H2,1-5H3,(H,38,42)(H,39,45)/t22?,27?,28-/m1/s1. The first-order valence-electron chi connectivity index (χ1n) is 15.7. The number of carbonyl (C=O) groups excluding carboxylic acids is 3. The topological polar surface area (TPSA) is 123 Å². The van der Waals surface area contributed by atoms with Crippen molar-refractivity contribution in [2.45, 2.75) is 71.1 Å². The first-order valence-corrected chi connectivity index (χ1v) is 15.7. The normalized spacial score (nSPS) is 17.9. The van der Waals surface area contributed by atoms with Gasteiger partial charge in [0.15, 0.2) is 0 Å². The quantitative estimate of drug-likeness (QED) is 0.288. The highest BCUT2D eigenvalue weighted by Crippen LogP contribution is 2.42. The van der Waals surface area contributed by atoms with Gasteiger partial charge in [-0.3, -0.25) is 19.0 Å². The fraction of sp³-hybridized carbons (Fsp3) is 0.361. The second kappa shape index (κ2) is 12.1. The lowest BCUT2D eigenvalue weighted by Crippen LogP contribution is -2.50. The van der Waals surface area contributed by atoms with Crippen LogP contribution in [0.4, 0.5) is 10.5 Å². The molecule has 3 atom stereocenters. The molecule has 0 bridgehead atoms. The number of nitrogens with one attached hydrogen (secondary N) is 2. The van der Waals surface area contributed by atoms with Crippen LogP contribution in [0.1, 0.15) is 81.2 Å². The summed E-state index contributed by atoms with van der Waals surface area (Å²) in [7, 11) is 0. The Hall–Kier alpha value is -4.99. The van der Waals surface area contributed by atoms with Gasteiger partial charge in [-0.15, -0.1) is 0 Å². The van der Waals surface area contributed by atoms with Crippen LogP contribution in [0.25, 0.3) is 16.6 Å². The smallest absolute Gasteiger partial charge is 0.408 e. The van der Waals surface area contributed by atoms with Crippen molar-refractivity contribution in [1.82, 2.24) is 20.2 Å². The van der Waals surface area contributed by atoms with Gasteiger partial charge in [-0.1, -0.05) is 56.3 Å². The van der Waals surface area contributed by atoms with Crippen molar-refractivity contribution in [3.8, 4) is 5.69 Å². The van der Waals surface area contributed by atoms with Gasteiger partial charge in [-0.25, -0.2) is 9.78 Å². The van der Waals surface area contributed by atoms with Crippen LogP contribution in [0.2, 0.25) is 0 Å². The monoisotopic (exact) mass is 621 g/mol. The third-order valence-electron chi connectivity index (χ3n) is 8.36. The van der Waals surface area contributed by atoms with Crippen LogP contribution in [-0.4, -0.2) is 45.6 Å². The van der Waals surface area contributed by atoms with E-state index in [1.54, 1.807) is 72.7 Å². The number of para-hydroxylation sites is 3. The number of benzene rings is 3. The molecule has 2 aliphatic heterocycles. The molecule has 2 aliphatic rings. The van der Waals surface area contributed by atoms with Gasteiger partial charge < -0.3 is 20.3 Å². The Morgan fingerprint density at radius 1 is 0.978 bits per heavy atom. The Bertz CT molecular complexity index is 1890. The predicted octanol–water partition coefficient (Wildman–Crippen LogP) is 5.63. The number of alkyl carbamates (subject to hydrolysis) is 1. The number of fused-ring (bicyclic) bond motifs is 5. The van der Waals surface area contributed by atoms with Crippen LogP contribution in [0.5, 0.6) is 0 Å². The number of anilines is 1. The maximum Gasteiger partial charge on any atom is 0.408 e. The van der Waals surface area contributed by atoms with Gasteiger partial charge in [0, 0.05) is 18.2 Å². The molecule has 46 heavy (non-hydrogen) atoms. The Morgan fingerprint density at radius 2 is 1.65 bits per heavy atom. The SMILES string of the molecule is CC(C)C[C@@H](NC(=O)OC(C)(C)C)C(=O)N1CC(CC2NC(=O)c3ccccc3-n3c2nc2ccccc2c3=O)c2ccccc21. The van der Waals surface area contributed by atoms with Gasteiger partial charge in [0.25, 0.3) is 11.5 Å². The molecule has 6 rings (SSSR count). The maximum atomic E-state index is 14.2. The van der Waals surface area contributed by atoms with Gasteiger partial charge >= 0.3 is 6.09 Å². The zero-order chi connectivity index (χ0) is 32.7. The first kappa shape index (κ1) is 31.0. The van der Waals surface area contributed by atoms with E-state index in [0.29, 0.717) is 47.4 Å². The average molecular weight is 622 g/mol. The summed E-state index contributed by atoms with van der Waals surface area (Å²) in [5, 5.41) is 6.42. The summed E-state index contributed by atoms with van der Waals surface area (Å²) in [6, 6.07) is 20.5. The minimum absolute atomic E-state index is 0.135. The second-order valence-corrected chi connectivity index (χ2v) is 13.4.